The van der Waals surface area contributed by atoms with Crippen molar-refractivity contribution in [3.63, 3.8) is 0 Å². The Morgan fingerprint density at radius 3 is 2.52 bits per heavy atom. The van der Waals surface area contributed by atoms with Crippen molar-refractivity contribution in [3.8, 4) is 17.6 Å². The van der Waals surface area contributed by atoms with Gasteiger partial charge in [-0.15, -0.1) is 0 Å². The lowest BCUT2D eigenvalue weighted by Gasteiger charge is -2.15. The maximum absolute atomic E-state index is 12.0. The normalized spacial score (nSPS) is 11.2. The zero-order chi connectivity index (χ0) is 16.7. The second kappa shape index (κ2) is 7.85. The van der Waals surface area contributed by atoms with E-state index in [4.69, 9.17) is 19.5 Å². The predicted octanol–water partition coefficient (Wildman–Crippen LogP) is 3.08. The number of rotatable bonds is 6. The smallest absolute Gasteiger partial charge is 0.347 e. The number of carbonyl (C=O) groups excluding carboxylic acids is 1. The second-order valence-corrected chi connectivity index (χ2v) is 4.82. The van der Waals surface area contributed by atoms with Gasteiger partial charge >= 0.3 is 5.97 Å². The molecule has 0 saturated carbocycles. The van der Waals surface area contributed by atoms with Crippen molar-refractivity contribution in [2.45, 2.75) is 19.6 Å². The zero-order valence-electron chi connectivity index (χ0n) is 13.0. The number of benzene rings is 2. The third-order valence-electron chi connectivity index (χ3n) is 3.19. The molecule has 0 aliphatic carbocycles. The molecule has 0 unspecified atom stereocenters. The summed E-state index contributed by atoms with van der Waals surface area (Å²) in [7, 11) is 1.57. The first kappa shape index (κ1) is 16.4. The number of hydrogen-bond acceptors (Lipinski definition) is 5. The van der Waals surface area contributed by atoms with Gasteiger partial charge in [0.2, 0.25) is 0 Å². The van der Waals surface area contributed by atoms with Crippen LogP contribution in [0.25, 0.3) is 0 Å². The van der Waals surface area contributed by atoms with Gasteiger partial charge in [0, 0.05) is 5.56 Å². The summed E-state index contributed by atoms with van der Waals surface area (Å²) in [6.07, 6.45) is -0.752. The molecule has 2 rings (SSSR count). The number of carbonyl (C=O) groups is 1. The van der Waals surface area contributed by atoms with E-state index < -0.39 is 12.1 Å². The maximum atomic E-state index is 12.0. The van der Waals surface area contributed by atoms with Gasteiger partial charge in [0.05, 0.1) is 18.7 Å². The minimum Gasteiger partial charge on any atom is -0.496 e. The SMILES string of the molecule is COc1ccccc1COC(=O)[C@H](C)Oc1ccc(C#N)cc1. The zero-order valence-corrected chi connectivity index (χ0v) is 13.0. The summed E-state index contributed by atoms with van der Waals surface area (Å²) in [5.74, 6) is 0.701. The molecule has 0 fully saturated rings. The average molecular weight is 311 g/mol. The van der Waals surface area contributed by atoms with Gasteiger partial charge in [0.25, 0.3) is 0 Å². The van der Waals surface area contributed by atoms with Crippen LogP contribution in [0.3, 0.4) is 0 Å². The van der Waals surface area contributed by atoms with Crippen molar-refractivity contribution in [1.82, 2.24) is 0 Å². The fraction of sp³-hybridized carbons (Fsp3) is 0.222. The van der Waals surface area contributed by atoms with E-state index in [1.165, 1.54) is 0 Å². The van der Waals surface area contributed by atoms with Crippen LogP contribution < -0.4 is 9.47 Å². The molecule has 0 saturated heterocycles. The highest BCUT2D eigenvalue weighted by molar-refractivity contribution is 5.74. The summed E-state index contributed by atoms with van der Waals surface area (Å²) in [4.78, 5) is 12.0. The standard InChI is InChI=1S/C18H17NO4/c1-13(23-16-9-7-14(11-19)8-10-16)18(20)22-12-15-5-3-4-6-17(15)21-2/h3-10,13H,12H2,1-2H3/t13-/m0/s1. The van der Waals surface area contributed by atoms with Crippen molar-refractivity contribution in [1.29, 1.82) is 5.26 Å². The highest BCUT2D eigenvalue weighted by Gasteiger charge is 2.17. The molecule has 5 nitrogen and oxygen atoms in total. The number of methoxy groups -OCH3 is 1. The third-order valence-corrected chi connectivity index (χ3v) is 3.19. The average Bonchev–Trinajstić information content (AvgIpc) is 2.60. The first-order valence-electron chi connectivity index (χ1n) is 7.09. The number of esters is 1. The molecule has 0 aromatic heterocycles. The summed E-state index contributed by atoms with van der Waals surface area (Å²) in [5.41, 5.74) is 1.32. The Bertz CT molecular complexity index is 704. The van der Waals surface area contributed by atoms with Crippen molar-refractivity contribution in [3.05, 3.63) is 59.7 Å². The number of para-hydroxylation sites is 1. The molecular weight excluding hydrogens is 294 g/mol. The van der Waals surface area contributed by atoms with Gasteiger partial charge in [-0.05, 0) is 37.3 Å². The summed E-state index contributed by atoms with van der Waals surface area (Å²) < 4.78 is 16.0. The lowest BCUT2D eigenvalue weighted by Crippen LogP contribution is -2.26. The van der Waals surface area contributed by atoms with Gasteiger partial charge in [-0.3, -0.25) is 0 Å². The minimum absolute atomic E-state index is 0.115. The van der Waals surface area contributed by atoms with Crippen LogP contribution in [0.15, 0.2) is 48.5 Å². The Balaban J connectivity index is 1.90. The van der Waals surface area contributed by atoms with E-state index in [1.54, 1.807) is 44.4 Å². The number of nitriles is 1. The molecule has 1 atom stereocenters. The van der Waals surface area contributed by atoms with E-state index in [9.17, 15) is 4.79 Å². The fourth-order valence-corrected chi connectivity index (χ4v) is 1.95. The molecule has 2 aromatic carbocycles. The summed E-state index contributed by atoms with van der Waals surface area (Å²) in [6.45, 7) is 1.73. The van der Waals surface area contributed by atoms with E-state index in [1.807, 2.05) is 24.3 Å². The Morgan fingerprint density at radius 2 is 1.87 bits per heavy atom. The topological polar surface area (TPSA) is 68.6 Å². The number of nitrogens with zero attached hydrogens (tertiary/aromatic N) is 1. The van der Waals surface area contributed by atoms with Gasteiger partial charge in [-0.1, -0.05) is 18.2 Å². The fourth-order valence-electron chi connectivity index (χ4n) is 1.95. The van der Waals surface area contributed by atoms with Crippen molar-refractivity contribution < 1.29 is 19.0 Å². The first-order chi connectivity index (χ1) is 11.1. The molecule has 0 amide bonds. The lowest BCUT2D eigenvalue weighted by molar-refractivity contribution is -0.152. The molecule has 0 aliphatic heterocycles. The minimum atomic E-state index is -0.752. The Labute approximate surface area is 135 Å². The van der Waals surface area contributed by atoms with Crippen molar-refractivity contribution in [2.24, 2.45) is 0 Å². The van der Waals surface area contributed by atoms with Gasteiger partial charge in [0.1, 0.15) is 18.1 Å². The van der Waals surface area contributed by atoms with E-state index in [-0.39, 0.29) is 6.61 Å². The largest absolute Gasteiger partial charge is 0.496 e. The molecule has 0 spiro atoms. The molecule has 0 N–H and O–H groups in total. The van der Waals surface area contributed by atoms with Crippen LogP contribution >= 0.6 is 0 Å². The van der Waals surface area contributed by atoms with Gasteiger partial charge in [0.15, 0.2) is 6.10 Å². The maximum Gasteiger partial charge on any atom is 0.347 e. The van der Waals surface area contributed by atoms with Crippen LogP contribution in [0.2, 0.25) is 0 Å². The number of hydrogen-bond donors (Lipinski definition) is 0. The first-order valence-corrected chi connectivity index (χ1v) is 7.09. The summed E-state index contributed by atoms with van der Waals surface area (Å²) in [6, 6.07) is 15.9. The van der Waals surface area contributed by atoms with Crippen LogP contribution in [-0.4, -0.2) is 19.2 Å². The van der Waals surface area contributed by atoms with E-state index >= 15 is 0 Å². The number of ether oxygens (including phenoxy) is 3. The molecule has 0 bridgehead atoms. The van der Waals surface area contributed by atoms with Gasteiger partial charge in [-0.2, -0.15) is 5.26 Å². The van der Waals surface area contributed by atoms with Crippen molar-refractivity contribution >= 4 is 5.97 Å². The Kier molecular flexibility index (Phi) is 5.59. The van der Waals surface area contributed by atoms with E-state index in [0.717, 1.165) is 5.56 Å². The van der Waals surface area contributed by atoms with E-state index in [0.29, 0.717) is 17.1 Å². The van der Waals surface area contributed by atoms with Gasteiger partial charge < -0.3 is 14.2 Å². The highest BCUT2D eigenvalue weighted by atomic mass is 16.6. The van der Waals surface area contributed by atoms with Gasteiger partial charge in [-0.25, -0.2) is 4.79 Å². The van der Waals surface area contributed by atoms with Crippen LogP contribution in [-0.2, 0) is 16.1 Å². The lowest BCUT2D eigenvalue weighted by atomic mass is 10.2. The van der Waals surface area contributed by atoms with Crippen molar-refractivity contribution in [2.75, 3.05) is 7.11 Å². The molecule has 0 radical (unpaired) electrons. The summed E-state index contributed by atoms with van der Waals surface area (Å²) in [5, 5.41) is 8.74. The third kappa shape index (κ3) is 4.48. The quantitative estimate of drug-likeness (QED) is 0.767. The molecule has 118 valence electrons. The molecular formula is C18H17NO4. The predicted molar refractivity (Wildman–Crippen MR) is 84.0 cm³/mol. The summed E-state index contributed by atoms with van der Waals surface area (Å²) >= 11 is 0. The van der Waals surface area contributed by atoms with Crippen LogP contribution in [0.1, 0.15) is 18.1 Å². The molecule has 0 heterocycles. The highest BCUT2D eigenvalue weighted by Crippen LogP contribution is 2.19. The molecule has 2 aromatic rings. The van der Waals surface area contributed by atoms with Crippen LogP contribution in [0, 0.1) is 11.3 Å². The van der Waals surface area contributed by atoms with Crippen LogP contribution in [0.4, 0.5) is 0 Å². The Hall–Kier alpha value is -3.00. The van der Waals surface area contributed by atoms with E-state index in [2.05, 4.69) is 0 Å². The molecule has 5 heteroatoms. The monoisotopic (exact) mass is 311 g/mol. The second-order valence-electron chi connectivity index (χ2n) is 4.82. The molecule has 0 aliphatic rings. The van der Waals surface area contributed by atoms with Crippen LogP contribution in [0.5, 0.6) is 11.5 Å². The Morgan fingerprint density at radius 1 is 1.17 bits per heavy atom. The molecule has 23 heavy (non-hydrogen) atoms.